The van der Waals surface area contributed by atoms with Crippen molar-refractivity contribution in [1.82, 2.24) is 3.97 Å². The fraction of sp³-hybridized carbons (Fsp3) is 0.222. The SMILES string of the molecule is CC(C)(C)Nc1c([N+](=O)[O-])c2ccccc2n1S(=O)(=O)c1ccccc1. The third kappa shape index (κ3) is 3.03. The van der Waals surface area contributed by atoms with Gasteiger partial charge in [0.15, 0.2) is 0 Å². The smallest absolute Gasteiger partial charge is 0.319 e. The zero-order valence-electron chi connectivity index (χ0n) is 14.6. The molecule has 0 fully saturated rings. The zero-order chi connectivity index (χ0) is 19.1. The average molecular weight is 373 g/mol. The van der Waals surface area contributed by atoms with Gasteiger partial charge in [-0.3, -0.25) is 10.1 Å². The van der Waals surface area contributed by atoms with Crippen molar-refractivity contribution in [3.8, 4) is 0 Å². The lowest BCUT2D eigenvalue weighted by atomic mass is 10.1. The number of nitro groups is 1. The van der Waals surface area contributed by atoms with Crippen LogP contribution in [0, 0.1) is 10.1 Å². The normalized spacial score (nSPS) is 12.3. The Morgan fingerprint density at radius 3 is 2.15 bits per heavy atom. The largest absolute Gasteiger partial charge is 0.360 e. The molecule has 0 amide bonds. The Morgan fingerprint density at radius 1 is 1.00 bits per heavy atom. The van der Waals surface area contributed by atoms with Crippen molar-refractivity contribution in [2.75, 3.05) is 5.32 Å². The van der Waals surface area contributed by atoms with Gasteiger partial charge in [-0.15, -0.1) is 0 Å². The van der Waals surface area contributed by atoms with Gasteiger partial charge in [-0.2, -0.15) is 0 Å². The first-order valence-corrected chi connectivity index (χ1v) is 9.43. The molecule has 7 nitrogen and oxygen atoms in total. The van der Waals surface area contributed by atoms with Crippen LogP contribution in [-0.4, -0.2) is 22.9 Å². The Morgan fingerprint density at radius 2 is 1.58 bits per heavy atom. The number of nitrogens with one attached hydrogen (secondary N) is 1. The van der Waals surface area contributed by atoms with Crippen molar-refractivity contribution in [3.63, 3.8) is 0 Å². The highest BCUT2D eigenvalue weighted by atomic mass is 32.2. The third-order valence-corrected chi connectivity index (χ3v) is 5.49. The third-order valence-electron chi connectivity index (χ3n) is 3.76. The van der Waals surface area contributed by atoms with E-state index in [9.17, 15) is 18.5 Å². The Balaban J connectivity index is 2.45. The van der Waals surface area contributed by atoms with Crippen molar-refractivity contribution in [3.05, 3.63) is 64.7 Å². The highest BCUT2D eigenvalue weighted by molar-refractivity contribution is 7.90. The lowest BCUT2D eigenvalue weighted by Crippen LogP contribution is -2.29. The van der Waals surface area contributed by atoms with Crippen molar-refractivity contribution >= 4 is 32.4 Å². The molecule has 0 bridgehead atoms. The molecule has 0 spiro atoms. The molecule has 26 heavy (non-hydrogen) atoms. The number of hydrogen-bond donors (Lipinski definition) is 1. The molecular weight excluding hydrogens is 354 g/mol. The maximum Gasteiger partial charge on any atom is 0.319 e. The zero-order valence-corrected chi connectivity index (χ0v) is 15.4. The summed E-state index contributed by atoms with van der Waals surface area (Å²) in [4.78, 5) is 11.3. The van der Waals surface area contributed by atoms with E-state index >= 15 is 0 Å². The minimum absolute atomic E-state index is 0.0486. The molecule has 3 aromatic rings. The molecule has 0 aliphatic heterocycles. The van der Waals surface area contributed by atoms with E-state index in [0.29, 0.717) is 0 Å². The summed E-state index contributed by atoms with van der Waals surface area (Å²) in [6, 6.07) is 14.3. The molecule has 1 aromatic heterocycles. The molecule has 0 saturated carbocycles. The second-order valence-corrected chi connectivity index (χ2v) is 8.72. The first-order chi connectivity index (χ1) is 12.1. The maximum atomic E-state index is 13.3. The van der Waals surface area contributed by atoms with Crippen LogP contribution in [0.2, 0.25) is 0 Å². The Hall–Kier alpha value is -2.87. The molecule has 0 unspecified atom stereocenters. The van der Waals surface area contributed by atoms with E-state index in [1.807, 2.05) is 20.8 Å². The summed E-state index contributed by atoms with van der Waals surface area (Å²) in [6.45, 7) is 5.44. The Bertz CT molecular complexity index is 1080. The van der Waals surface area contributed by atoms with Crippen LogP contribution in [0.5, 0.6) is 0 Å². The summed E-state index contributed by atoms with van der Waals surface area (Å²) in [5.41, 5.74) is -0.576. The quantitative estimate of drug-likeness (QED) is 0.551. The molecule has 2 aromatic carbocycles. The van der Waals surface area contributed by atoms with Gasteiger partial charge in [0.05, 0.1) is 20.7 Å². The molecule has 8 heteroatoms. The van der Waals surface area contributed by atoms with Crippen molar-refractivity contribution < 1.29 is 13.3 Å². The first-order valence-electron chi connectivity index (χ1n) is 7.99. The number of hydrogen-bond acceptors (Lipinski definition) is 5. The molecule has 1 N–H and O–H groups in total. The van der Waals surface area contributed by atoms with Crippen molar-refractivity contribution in [2.45, 2.75) is 31.2 Å². The van der Waals surface area contributed by atoms with Crippen LogP contribution in [0.1, 0.15) is 20.8 Å². The van der Waals surface area contributed by atoms with E-state index in [1.54, 1.807) is 42.5 Å². The highest BCUT2D eigenvalue weighted by Crippen LogP contribution is 2.40. The lowest BCUT2D eigenvalue weighted by Gasteiger charge is -2.22. The van der Waals surface area contributed by atoms with E-state index in [4.69, 9.17) is 0 Å². The van der Waals surface area contributed by atoms with Gasteiger partial charge < -0.3 is 5.32 Å². The van der Waals surface area contributed by atoms with Crippen LogP contribution in [-0.2, 0) is 10.0 Å². The van der Waals surface area contributed by atoms with E-state index < -0.39 is 20.5 Å². The summed E-state index contributed by atoms with van der Waals surface area (Å²) >= 11 is 0. The van der Waals surface area contributed by atoms with Gasteiger partial charge in [0.25, 0.3) is 10.0 Å². The van der Waals surface area contributed by atoms with Gasteiger partial charge >= 0.3 is 5.69 Å². The number of rotatable bonds is 4. The molecule has 0 atom stereocenters. The molecule has 3 rings (SSSR count). The summed E-state index contributed by atoms with van der Waals surface area (Å²) < 4.78 is 27.6. The van der Waals surface area contributed by atoms with Gasteiger partial charge in [-0.25, -0.2) is 12.4 Å². The monoisotopic (exact) mass is 373 g/mol. The highest BCUT2D eigenvalue weighted by Gasteiger charge is 2.34. The fourth-order valence-electron chi connectivity index (χ4n) is 2.79. The van der Waals surface area contributed by atoms with Crippen molar-refractivity contribution in [1.29, 1.82) is 0 Å². The standard InChI is InChI=1S/C18H19N3O4S/c1-18(2,3)19-17-16(21(22)23)14-11-7-8-12-15(14)20(17)26(24,25)13-9-5-4-6-10-13/h4-12,19H,1-3H3. The summed E-state index contributed by atoms with van der Waals surface area (Å²) in [6.07, 6.45) is 0. The average Bonchev–Trinajstić information content (AvgIpc) is 2.88. The van der Waals surface area contributed by atoms with E-state index in [-0.39, 0.29) is 27.3 Å². The molecule has 0 aliphatic carbocycles. The van der Waals surface area contributed by atoms with Crippen molar-refractivity contribution in [2.24, 2.45) is 0 Å². The second-order valence-electron chi connectivity index (χ2n) is 6.93. The van der Waals surface area contributed by atoms with E-state index in [2.05, 4.69) is 5.32 Å². The number of fused-ring (bicyclic) bond motifs is 1. The van der Waals surface area contributed by atoms with Gasteiger partial charge in [-0.05, 0) is 45.0 Å². The number of anilines is 1. The van der Waals surface area contributed by atoms with E-state index in [0.717, 1.165) is 3.97 Å². The first kappa shape index (κ1) is 17.9. The van der Waals surface area contributed by atoms with Crippen LogP contribution in [0.4, 0.5) is 11.5 Å². The molecule has 0 saturated heterocycles. The fourth-order valence-corrected chi connectivity index (χ4v) is 4.30. The molecular formula is C18H19N3O4S. The summed E-state index contributed by atoms with van der Waals surface area (Å²) in [5, 5.41) is 15.0. The van der Waals surface area contributed by atoms with E-state index in [1.165, 1.54) is 12.1 Å². The number of benzene rings is 2. The van der Waals surface area contributed by atoms with Gasteiger partial charge in [0.1, 0.15) is 0 Å². The van der Waals surface area contributed by atoms with Gasteiger partial charge in [0.2, 0.25) is 5.82 Å². The number of para-hydroxylation sites is 1. The topological polar surface area (TPSA) is 94.2 Å². The van der Waals surface area contributed by atoms with Gasteiger partial charge in [-0.1, -0.05) is 30.3 Å². The van der Waals surface area contributed by atoms with Crippen LogP contribution in [0.3, 0.4) is 0 Å². The number of aromatic nitrogens is 1. The molecule has 1 heterocycles. The minimum Gasteiger partial charge on any atom is -0.360 e. The molecule has 136 valence electrons. The second kappa shape index (κ2) is 6.14. The van der Waals surface area contributed by atoms with Crippen LogP contribution < -0.4 is 5.32 Å². The maximum absolute atomic E-state index is 13.3. The van der Waals surface area contributed by atoms with Crippen LogP contribution in [0.25, 0.3) is 10.9 Å². The summed E-state index contributed by atoms with van der Waals surface area (Å²) in [5.74, 6) is -0.0486. The molecule has 0 aliphatic rings. The predicted molar refractivity (Wildman–Crippen MR) is 101 cm³/mol. The predicted octanol–water partition coefficient (Wildman–Crippen LogP) is 4.00. The molecule has 0 radical (unpaired) electrons. The Kier molecular flexibility index (Phi) is 4.23. The summed E-state index contributed by atoms with van der Waals surface area (Å²) in [7, 11) is -4.03. The minimum atomic E-state index is -4.03. The Labute approximate surface area is 151 Å². The lowest BCUT2D eigenvalue weighted by molar-refractivity contribution is -0.382. The number of nitrogens with zero attached hydrogens (tertiary/aromatic N) is 2. The van der Waals surface area contributed by atoms with Gasteiger partial charge in [0, 0.05) is 5.54 Å². The van der Waals surface area contributed by atoms with Crippen LogP contribution in [0.15, 0.2) is 59.5 Å². The van der Waals surface area contributed by atoms with Crippen LogP contribution >= 0.6 is 0 Å².